The Bertz CT molecular complexity index is 513. The molecule has 0 aliphatic carbocycles. The maximum atomic E-state index is 9.34. The topological polar surface area (TPSA) is 52.9 Å². The van der Waals surface area contributed by atoms with Gasteiger partial charge in [0.2, 0.25) is 0 Å². The van der Waals surface area contributed by atoms with Crippen molar-refractivity contribution in [2.45, 2.75) is 32.1 Å². The summed E-state index contributed by atoms with van der Waals surface area (Å²) in [5.74, 6) is 5.53. The van der Waals surface area contributed by atoms with E-state index < -0.39 is 0 Å². The Labute approximate surface area is 126 Å². The van der Waals surface area contributed by atoms with Gasteiger partial charge in [0.15, 0.2) is 0 Å². The molecule has 1 heterocycles. The van der Waals surface area contributed by atoms with Crippen molar-refractivity contribution in [2.24, 2.45) is 0 Å². The fourth-order valence-corrected chi connectivity index (χ4v) is 2.73. The summed E-state index contributed by atoms with van der Waals surface area (Å²) in [6.07, 6.45) is -0.122. The predicted octanol–water partition coefficient (Wildman–Crippen LogP) is 1.00. The van der Waals surface area contributed by atoms with Crippen LogP contribution in [0.5, 0.6) is 0 Å². The van der Waals surface area contributed by atoms with Gasteiger partial charge in [0.05, 0.1) is 18.3 Å². The molecule has 4 nitrogen and oxygen atoms in total. The standard InChI is InChI=1S/C17H23NO3/c1-17(2)13-18(11-16(12-20)21-17)10-15-7-5-14(6-8-15)4-3-9-19/h5-8,16,19-20H,9-13H2,1-2H3. The predicted molar refractivity (Wildman–Crippen MR) is 81.7 cm³/mol. The van der Waals surface area contributed by atoms with E-state index in [0.29, 0.717) is 0 Å². The molecule has 1 saturated heterocycles. The van der Waals surface area contributed by atoms with Gasteiger partial charge in [-0.15, -0.1) is 0 Å². The molecule has 2 rings (SSSR count). The lowest BCUT2D eigenvalue weighted by Gasteiger charge is -2.42. The Morgan fingerprint density at radius 2 is 2.00 bits per heavy atom. The Balaban J connectivity index is 2.00. The Morgan fingerprint density at radius 1 is 1.29 bits per heavy atom. The lowest BCUT2D eigenvalue weighted by Crippen LogP contribution is -2.53. The van der Waals surface area contributed by atoms with Crippen LogP contribution in [-0.4, -0.2) is 53.1 Å². The number of hydrogen-bond acceptors (Lipinski definition) is 4. The van der Waals surface area contributed by atoms with Crippen LogP contribution in [-0.2, 0) is 11.3 Å². The summed E-state index contributed by atoms with van der Waals surface area (Å²) in [5.41, 5.74) is 1.88. The molecule has 1 fully saturated rings. The molecule has 0 aromatic heterocycles. The number of aliphatic hydroxyl groups is 2. The monoisotopic (exact) mass is 289 g/mol. The fraction of sp³-hybridized carbons (Fsp3) is 0.529. The van der Waals surface area contributed by atoms with Gasteiger partial charge in [0.1, 0.15) is 6.61 Å². The Morgan fingerprint density at radius 3 is 2.62 bits per heavy atom. The number of nitrogens with zero attached hydrogens (tertiary/aromatic N) is 1. The maximum absolute atomic E-state index is 9.34. The van der Waals surface area contributed by atoms with Crippen LogP contribution in [0, 0.1) is 11.8 Å². The number of aliphatic hydroxyl groups excluding tert-OH is 2. The van der Waals surface area contributed by atoms with E-state index in [2.05, 4.69) is 42.7 Å². The number of morpholine rings is 1. The number of ether oxygens (including phenoxy) is 1. The van der Waals surface area contributed by atoms with Crippen LogP contribution in [0.25, 0.3) is 0 Å². The van der Waals surface area contributed by atoms with Gasteiger partial charge in [-0.2, -0.15) is 0 Å². The third-order valence-corrected chi connectivity index (χ3v) is 3.43. The molecule has 0 bridgehead atoms. The van der Waals surface area contributed by atoms with Gasteiger partial charge < -0.3 is 14.9 Å². The summed E-state index contributed by atoms with van der Waals surface area (Å²) in [7, 11) is 0. The minimum atomic E-state index is -0.238. The highest BCUT2D eigenvalue weighted by atomic mass is 16.5. The normalized spacial score (nSPS) is 21.6. The van der Waals surface area contributed by atoms with Gasteiger partial charge in [-0.05, 0) is 31.5 Å². The van der Waals surface area contributed by atoms with Crippen molar-refractivity contribution in [3.8, 4) is 11.8 Å². The Hall–Kier alpha value is -1.38. The summed E-state index contributed by atoms with van der Waals surface area (Å²) in [6, 6.07) is 8.04. The van der Waals surface area contributed by atoms with E-state index in [1.54, 1.807) is 0 Å². The highest BCUT2D eigenvalue weighted by Crippen LogP contribution is 2.22. The molecule has 0 spiro atoms. The first-order valence-electron chi connectivity index (χ1n) is 7.22. The second-order valence-electron chi connectivity index (χ2n) is 6.01. The van der Waals surface area contributed by atoms with Crippen LogP contribution >= 0.6 is 0 Å². The van der Waals surface area contributed by atoms with Crippen LogP contribution < -0.4 is 0 Å². The van der Waals surface area contributed by atoms with E-state index >= 15 is 0 Å². The van der Waals surface area contributed by atoms with Crippen LogP contribution in [0.2, 0.25) is 0 Å². The van der Waals surface area contributed by atoms with E-state index in [4.69, 9.17) is 9.84 Å². The van der Waals surface area contributed by atoms with E-state index in [-0.39, 0.29) is 24.9 Å². The second-order valence-corrected chi connectivity index (χ2v) is 6.01. The van der Waals surface area contributed by atoms with Gasteiger partial charge in [0.25, 0.3) is 0 Å². The van der Waals surface area contributed by atoms with Crippen molar-refractivity contribution in [2.75, 3.05) is 26.3 Å². The molecule has 0 radical (unpaired) electrons. The van der Waals surface area contributed by atoms with Crippen molar-refractivity contribution < 1.29 is 14.9 Å². The van der Waals surface area contributed by atoms with Gasteiger partial charge in [-0.1, -0.05) is 24.0 Å². The average Bonchev–Trinajstić information content (AvgIpc) is 2.45. The zero-order valence-corrected chi connectivity index (χ0v) is 12.7. The van der Waals surface area contributed by atoms with Gasteiger partial charge in [0, 0.05) is 25.2 Å². The van der Waals surface area contributed by atoms with Crippen LogP contribution in [0.15, 0.2) is 24.3 Å². The number of hydrogen-bond donors (Lipinski definition) is 2. The molecule has 1 atom stereocenters. The van der Waals surface area contributed by atoms with Crippen LogP contribution in [0.1, 0.15) is 25.0 Å². The van der Waals surface area contributed by atoms with Gasteiger partial charge >= 0.3 is 0 Å². The molecule has 0 saturated carbocycles. The molecule has 1 aromatic carbocycles. The average molecular weight is 289 g/mol. The molecular weight excluding hydrogens is 266 g/mol. The summed E-state index contributed by atoms with van der Waals surface area (Å²) in [5, 5.41) is 18.0. The van der Waals surface area contributed by atoms with Crippen LogP contribution in [0.3, 0.4) is 0 Å². The third-order valence-electron chi connectivity index (χ3n) is 3.43. The van der Waals surface area contributed by atoms with E-state index in [0.717, 1.165) is 25.2 Å². The molecule has 1 aliphatic rings. The molecule has 21 heavy (non-hydrogen) atoms. The minimum Gasteiger partial charge on any atom is -0.394 e. The van der Waals surface area contributed by atoms with Crippen molar-refractivity contribution >= 4 is 0 Å². The summed E-state index contributed by atoms with van der Waals surface area (Å²) in [4.78, 5) is 2.30. The van der Waals surface area contributed by atoms with Crippen molar-refractivity contribution in [3.05, 3.63) is 35.4 Å². The first-order chi connectivity index (χ1) is 10.0. The summed E-state index contributed by atoms with van der Waals surface area (Å²) < 4.78 is 5.82. The highest BCUT2D eigenvalue weighted by Gasteiger charge is 2.32. The van der Waals surface area contributed by atoms with Crippen molar-refractivity contribution in [3.63, 3.8) is 0 Å². The lowest BCUT2D eigenvalue weighted by molar-refractivity contribution is -0.150. The second kappa shape index (κ2) is 7.06. The minimum absolute atomic E-state index is 0.0512. The third kappa shape index (κ3) is 4.83. The van der Waals surface area contributed by atoms with E-state index in [1.807, 2.05) is 12.1 Å². The molecule has 1 aliphatic heterocycles. The molecule has 114 valence electrons. The SMILES string of the molecule is CC1(C)CN(Cc2ccc(C#CCO)cc2)CC(CO)O1. The van der Waals surface area contributed by atoms with Gasteiger partial charge in [-0.25, -0.2) is 0 Å². The highest BCUT2D eigenvalue weighted by molar-refractivity contribution is 5.36. The number of rotatable bonds is 3. The summed E-state index contributed by atoms with van der Waals surface area (Å²) in [6.45, 7) is 6.45. The quantitative estimate of drug-likeness (QED) is 0.815. The molecular formula is C17H23NO3. The summed E-state index contributed by atoms with van der Waals surface area (Å²) >= 11 is 0. The first-order valence-corrected chi connectivity index (χ1v) is 7.22. The molecule has 2 N–H and O–H groups in total. The molecule has 1 unspecified atom stereocenters. The number of benzene rings is 1. The largest absolute Gasteiger partial charge is 0.394 e. The van der Waals surface area contributed by atoms with Crippen molar-refractivity contribution in [1.82, 2.24) is 4.90 Å². The first kappa shape index (κ1) is 16.0. The maximum Gasteiger partial charge on any atom is 0.104 e. The lowest BCUT2D eigenvalue weighted by atomic mass is 10.0. The van der Waals surface area contributed by atoms with Crippen LogP contribution in [0.4, 0.5) is 0 Å². The van der Waals surface area contributed by atoms with E-state index in [9.17, 15) is 5.11 Å². The van der Waals surface area contributed by atoms with E-state index in [1.165, 1.54) is 5.56 Å². The fourth-order valence-electron chi connectivity index (χ4n) is 2.73. The molecule has 1 aromatic rings. The molecule has 4 heteroatoms. The Kier molecular flexibility index (Phi) is 5.38. The smallest absolute Gasteiger partial charge is 0.104 e. The zero-order chi connectivity index (χ0) is 15.3. The molecule has 0 amide bonds. The van der Waals surface area contributed by atoms with Crippen molar-refractivity contribution in [1.29, 1.82) is 0 Å². The zero-order valence-electron chi connectivity index (χ0n) is 12.7. The van der Waals surface area contributed by atoms with Gasteiger partial charge in [-0.3, -0.25) is 4.90 Å².